The van der Waals surface area contributed by atoms with Crippen molar-refractivity contribution in [1.82, 2.24) is 0 Å². The van der Waals surface area contributed by atoms with E-state index in [0.29, 0.717) is 0 Å². The Bertz CT molecular complexity index is 610. The number of carbonyl (C=O) groups is 2. The molecular formula is C13H9F3O5. The van der Waals surface area contributed by atoms with Crippen LogP contribution in [0.5, 0.6) is 5.75 Å². The van der Waals surface area contributed by atoms with Crippen LogP contribution in [0.2, 0.25) is 0 Å². The van der Waals surface area contributed by atoms with Crippen LogP contribution in [0.4, 0.5) is 13.2 Å². The van der Waals surface area contributed by atoms with Gasteiger partial charge >= 0.3 is 18.3 Å². The monoisotopic (exact) mass is 302 g/mol. The highest BCUT2D eigenvalue weighted by molar-refractivity contribution is 5.91. The van der Waals surface area contributed by atoms with Crippen LogP contribution >= 0.6 is 0 Å². The van der Waals surface area contributed by atoms with Crippen molar-refractivity contribution in [2.24, 2.45) is 0 Å². The Morgan fingerprint density at radius 3 is 2.52 bits per heavy atom. The van der Waals surface area contributed by atoms with Crippen LogP contribution in [-0.2, 0) is 9.53 Å². The van der Waals surface area contributed by atoms with Crippen LogP contribution in [0.15, 0.2) is 18.2 Å². The first-order valence-corrected chi connectivity index (χ1v) is 5.41. The number of aromatic carboxylic acids is 1. The minimum Gasteiger partial charge on any atom is -0.478 e. The maximum Gasteiger partial charge on any atom is 0.573 e. The summed E-state index contributed by atoms with van der Waals surface area (Å²) in [5.74, 6) is 1.75. The Morgan fingerprint density at radius 2 is 2.00 bits per heavy atom. The summed E-state index contributed by atoms with van der Waals surface area (Å²) in [7, 11) is 1.17. The molecule has 0 aliphatic rings. The van der Waals surface area contributed by atoms with Gasteiger partial charge in [0.05, 0.1) is 7.11 Å². The van der Waals surface area contributed by atoms with Crippen molar-refractivity contribution in [1.29, 1.82) is 0 Å². The molecule has 0 heterocycles. The van der Waals surface area contributed by atoms with Gasteiger partial charge in [-0.3, -0.25) is 4.79 Å². The fourth-order valence-corrected chi connectivity index (χ4v) is 1.28. The molecule has 0 aromatic heterocycles. The second kappa shape index (κ2) is 6.65. The molecule has 0 fully saturated rings. The Balaban J connectivity index is 3.06. The SMILES string of the molecule is COC(=O)CC#Cc1ccc(C(=O)O)c(OC(F)(F)F)c1. The maximum atomic E-state index is 12.2. The zero-order valence-corrected chi connectivity index (χ0v) is 10.7. The van der Waals surface area contributed by atoms with Crippen molar-refractivity contribution in [2.45, 2.75) is 12.8 Å². The molecule has 0 aliphatic heterocycles. The smallest absolute Gasteiger partial charge is 0.478 e. The quantitative estimate of drug-likeness (QED) is 0.684. The number of alkyl halides is 3. The van der Waals surface area contributed by atoms with Crippen molar-refractivity contribution in [3.8, 4) is 17.6 Å². The molecule has 0 saturated carbocycles. The van der Waals surface area contributed by atoms with Gasteiger partial charge in [0, 0.05) is 5.56 Å². The number of rotatable bonds is 3. The number of esters is 1. The number of hydrogen-bond acceptors (Lipinski definition) is 4. The van der Waals surface area contributed by atoms with Gasteiger partial charge < -0.3 is 14.6 Å². The number of methoxy groups -OCH3 is 1. The molecule has 0 spiro atoms. The summed E-state index contributed by atoms with van der Waals surface area (Å²) in [6.45, 7) is 0. The van der Waals surface area contributed by atoms with Gasteiger partial charge in [0.15, 0.2) is 0 Å². The van der Waals surface area contributed by atoms with Gasteiger partial charge in [-0.2, -0.15) is 0 Å². The lowest BCUT2D eigenvalue weighted by atomic mass is 10.1. The molecule has 1 N–H and O–H groups in total. The predicted octanol–water partition coefficient (Wildman–Crippen LogP) is 2.20. The number of benzene rings is 1. The van der Waals surface area contributed by atoms with E-state index >= 15 is 0 Å². The van der Waals surface area contributed by atoms with Crippen molar-refractivity contribution in [3.05, 3.63) is 29.3 Å². The van der Waals surface area contributed by atoms with Crippen molar-refractivity contribution in [3.63, 3.8) is 0 Å². The van der Waals surface area contributed by atoms with Gasteiger partial charge in [-0.05, 0) is 18.2 Å². The van der Waals surface area contributed by atoms with Crippen molar-refractivity contribution in [2.75, 3.05) is 7.11 Å². The molecule has 0 atom stereocenters. The molecule has 21 heavy (non-hydrogen) atoms. The summed E-state index contributed by atoms with van der Waals surface area (Å²) in [5, 5.41) is 8.79. The highest BCUT2D eigenvalue weighted by atomic mass is 19.4. The van der Waals surface area contributed by atoms with Gasteiger partial charge in [0.2, 0.25) is 0 Å². The lowest BCUT2D eigenvalue weighted by Gasteiger charge is -2.11. The Morgan fingerprint density at radius 1 is 1.33 bits per heavy atom. The Hall–Kier alpha value is -2.69. The molecule has 112 valence electrons. The molecule has 0 unspecified atom stereocenters. The molecule has 8 heteroatoms. The molecular weight excluding hydrogens is 293 g/mol. The number of hydrogen-bond donors (Lipinski definition) is 1. The van der Waals surface area contributed by atoms with E-state index in [2.05, 4.69) is 21.3 Å². The van der Waals surface area contributed by atoms with E-state index in [9.17, 15) is 22.8 Å². The van der Waals surface area contributed by atoms with Crippen LogP contribution < -0.4 is 4.74 Å². The molecule has 0 saturated heterocycles. The molecule has 0 amide bonds. The molecule has 5 nitrogen and oxygen atoms in total. The summed E-state index contributed by atoms with van der Waals surface area (Å²) in [4.78, 5) is 21.6. The third kappa shape index (κ3) is 5.44. The molecule has 0 aliphatic carbocycles. The van der Waals surface area contributed by atoms with E-state index in [1.807, 2.05) is 0 Å². The third-order valence-electron chi connectivity index (χ3n) is 2.13. The number of carboxylic acids is 1. The number of ether oxygens (including phenoxy) is 2. The van der Waals surface area contributed by atoms with E-state index < -0.39 is 29.6 Å². The van der Waals surface area contributed by atoms with Gasteiger partial charge in [-0.25, -0.2) is 4.79 Å². The van der Waals surface area contributed by atoms with E-state index in [-0.39, 0.29) is 12.0 Å². The van der Waals surface area contributed by atoms with Crippen LogP contribution in [-0.4, -0.2) is 30.5 Å². The third-order valence-corrected chi connectivity index (χ3v) is 2.13. The summed E-state index contributed by atoms with van der Waals surface area (Å²) < 4.78 is 44.6. The highest BCUT2D eigenvalue weighted by Gasteiger charge is 2.33. The normalized spacial score (nSPS) is 10.3. The van der Waals surface area contributed by atoms with E-state index in [0.717, 1.165) is 12.1 Å². The first-order valence-electron chi connectivity index (χ1n) is 5.41. The molecule has 1 aromatic rings. The maximum absolute atomic E-state index is 12.2. The zero-order chi connectivity index (χ0) is 16.0. The van der Waals surface area contributed by atoms with Crippen molar-refractivity contribution >= 4 is 11.9 Å². The molecule has 0 radical (unpaired) electrons. The first kappa shape index (κ1) is 16.4. The average molecular weight is 302 g/mol. The number of carboxylic acid groups (broad SMARTS) is 1. The van der Waals surface area contributed by atoms with Crippen molar-refractivity contribution < 1.29 is 37.3 Å². The fourth-order valence-electron chi connectivity index (χ4n) is 1.28. The van der Waals surface area contributed by atoms with Gasteiger partial charge in [-0.15, -0.1) is 13.2 Å². The number of halogens is 3. The predicted molar refractivity (Wildman–Crippen MR) is 63.6 cm³/mol. The van der Waals surface area contributed by atoms with Crippen LogP contribution in [0, 0.1) is 11.8 Å². The average Bonchev–Trinajstić information content (AvgIpc) is 2.36. The second-order valence-corrected chi connectivity index (χ2v) is 3.62. The largest absolute Gasteiger partial charge is 0.573 e. The van der Waals surface area contributed by atoms with E-state index in [4.69, 9.17) is 5.11 Å². The summed E-state index contributed by atoms with van der Waals surface area (Å²) in [6, 6.07) is 2.98. The zero-order valence-electron chi connectivity index (χ0n) is 10.7. The number of carbonyl (C=O) groups excluding carboxylic acids is 1. The highest BCUT2D eigenvalue weighted by Crippen LogP contribution is 2.27. The molecule has 0 bridgehead atoms. The minimum atomic E-state index is -5.03. The summed E-state index contributed by atoms with van der Waals surface area (Å²) in [5.41, 5.74) is -0.575. The second-order valence-electron chi connectivity index (χ2n) is 3.62. The lowest BCUT2D eigenvalue weighted by Crippen LogP contribution is -2.19. The molecule has 1 aromatic carbocycles. The summed E-state index contributed by atoms with van der Waals surface area (Å²) >= 11 is 0. The Labute approximate surface area is 117 Å². The molecule has 1 rings (SSSR count). The van der Waals surface area contributed by atoms with E-state index in [1.165, 1.54) is 13.2 Å². The van der Waals surface area contributed by atoms with Gasteiger partial charge in [-0.1, -0.05) is 11.8 Å². The fraction of sp³-hybridized carbons (Fsp3) is 0.231. The van der Waals surface area contributed by atoms with E-state index in [1.54, 1.807) is 0 Å². The van der Waals surface area contributed by atoms with Gasteiger partial charge in [0.25, 0.3) is 0 Å². The minimum absolute atomic E-state index is 0.0724. The Kier molecular flexibility index (Phi) is 5.18. The topological polar surface area (TPSA) is 72.8 Å². The summed E-state index contributed by atoms with van der Waals surface area (Å²) in [6.07, 6.45) is -5.27. The van der Waals surface area contributed by atoms with Crippen LogP contribution in [0.3, 0.4) is 0 Å². The van der Waals surface area contributed by atoms with Crippen LogP contribution in [0.25, 0.3) is 0 Å². The van der Waals surface area contributed by atoms with Gasteiger partial charge in [0.1, 0.15) is 17.7 Å². The van der Waals surface area contributed by atoms with Crippen LogP contribution in [0.1, 0.15) is 22.3 Å². The standard InChI is InChI=1S/C13H9F3O5/c1-20-11(17)4-2-3-8-5-6-9(12(18)19)10(7-8)21-13(14,15)16/h5-7H,4H2,1H3,(H,18,19). The first-order chi connectivity index (χ1) is 9.73. The lowest BCUT2D eigenvalue weighted by molar-refractivity contribution is -0.274.